The molecule has 0 aliphatic rings. The molecule has 0 fully saturated rings. The molecule has 0 bridgehead atoms. The van der Waals surface area contributed by atoms with Crippen LogP contribution in [-0.4, -0.2) is 31.5 Å². The Balaban J connectivity index is 1.86. The van der Waals surface area contributed by atoms with Crippen LogP contribution < -0.4 is 14.2 Å². The zero-order chi connectivity index (χ0) is 17.8. The molecule has 1 heterocycles. The summed E-state index contributed by atoms with van der Waals surface area (Å²) < 4.78 is 21.2. The van der Waals surface area contributed by atoms with E-state index in [0.29, 0.717) is 46.0 Å². The Bertz CT molecular complexity index is 879. The van der Waals surface area contributed by atoms with Gasteiger partial charge in [0.2, 0.25) is 11.7 Å². The Hall–Kier alpha value is -2.73. The topological polar surface area (TPSA) is 66.6 Å². The molecular formula is C18H17ClN2O4. The van der Waals surface area contributed by atoms with E-state index in [0.717, 1.165) is 5.56 Å². The van der Waals surface area contributed by atoms with Crippen molar-refractivity contribution in [1.82, 2.24) is 10.1 Å². The highest BCUT2D eigenvalue weighted by Gasteiger charge is 2.15. The van der Waals surface area contributed by atoms with E-state index in [1.54, 1.807) is 39.5 Å². The molecule has 0 aliphatic heterocycles. The second-order valence-corrected chi connectivity index (χ2v) is 5.66. The third kappa shape index (κ3) is 3.69. The minimum atomic E-state index is 0.426. The fourth-order valence-corrected chi connectivity index (χ4v) is 2.63. The van der Waals surface area contributed by atoms with Crippen LogP contribution in [0.15, 0.2) is 40.9 Å². The molecule has 1 aromatic heterocycles. The quantitative estimate of drug-likeness (QED) is 0.661. The van der Waals surface area contributed by atoms with Crippen LogP contribution in [0.3, 0.4) is 0 Å². The summed E-state index contributed by atoms with van der Waals surface area (Å²) >= 11 is 6.05. The molecule has 0 spiro atoms. The van der Waals surface area contributed by atoms with Gasteiger partial charge in [-0.15, -0.1) is 0 Å². The summed E-state index contributed by atoms with van der Waals surface area (Å²) in [6, 6.07) is 10.9. The van der Waals surface area contributed by atoms with Gasteiger partial charge in [-0.1, -0.05) is 22.8 Å². The molecule has 0 saturated carbocycles. The Kier molecular flexibility index (Phi) is 5.09. The Labute approximate surface area is 150 Å². The molecule has 2 aromatic carbocycles. The molecule has 7 heteroatoms. The van der Waals surface area contributed by atoms with Gasteiger partial charge in [0.25, 0.3) is 0 Å². The zero-order valence-electron chi connectivity index (χ0n) is 14.1. The molecule has 0 unspecified atom stereocenters. The SMILES string of the molecule is COc1ccc(Cc2nc(-c3cc(Cl)ccc3OC)no2)cc1OC. The van der Waals surface area contributed by atoms with Crippen molar-refractivity contribution in [2.75, 3.05) is 21.3 Å². The van der Waals surface area contributed by atoms with E-state index in [1.807, 2.05) is 18.2 Å². The van der Waals surface area contributed by atoms with Crippen LogP contribution in [0.1, 0.15) is 11.5 Å². The lowest BCUT2D eigenvalue weighted by Gasteiger charge is -2.08. The molecule has 0 aliphatic carbocycles. The normalized spacial score (nSPS) is 10.6. The highest BCUT2D eigenvalue weighted by Crippen LogP contribution is 2.31. The van der Waals surface area contributed by atoms with Crippen LogP contribution in [-0.2, 0) is 6.42 Å². The fraction of sp³-hybridized carbons (Fsp3) is 0.222. The first-order chi connectivity index (χ1) is 12.1. The molecule has 0 saturated heterocycles. The average Bonchev–Trinajstić information content (AvgIpc) is 3.09. The third-order valence-electron chi connectivity index (χ3n) is 3.67. The maximum atomic E-state index is 6.05. The summed E-state index contributed by atoms with van der Waals surface area (Å²) in [6.07, 6.45) is 0.468. The number of hydrogen-bond donors (Lipinski definition) is 0. The van der Waals surface area contributed by atoms with E-state index in [1.165, 1.54) is 0 Å². The molecule has 3 rings (SSSR count). The third-order valence-corrected chi connectivity index (χ3v) is 3.91. The van der Waals surface area contributed by atoms with Gasteiger partial charge >= 0.3 is 0 Å². The Morgan fingerprint density at radius 2 is 1.64 bits per heavy atom. The van der Waals surface area contributed by atoms with Crippen LogP contribution in [0.2, 0.25) is 5.02 Å². The van der Waals surface area contributed by atoms with E-state index in [2.05, 4.69) is 10.1 Å². The van der Waals surface area contributed by atoms with Crippen molar-refractivity contribution >= 4 is 11.6 Å². The van der Waals surface area contributed by atoms with E-state index < -0.39 is 0 Å². The number of methoxy groups -OCH3 is 3. The molecule has 3 aromatic rings. The molecule has 0 atom stereocenters. The number of halogens is 1. The lowest BCUT2D eigenvalue weighted by Crippen LogP contribution is -1.94. The minimum Gasteiger partial charge on any atom is -0.496 e. The first-order valence-electron chi connectivity index (χ1n) is 7.52. The predicted octanol–water partition coefficient (Wildman–Crippen LogP) is 4.01. The van der Waals surface area contributed by atoms with Gasteiger partial charge in [0.15, 0.2) is 11.5 Å². The van der Waals surface area contributed by atoms with Gasteiger partial charge in [0.05, 0.1) is 33.3 Å². The number of nitrogens with zero attached hydrogens (tertiary/aromatic N) is 2. The van der Waals surface area contributed by atoms with Crippen molar-refractivity contribution in [3.8, 4) is 28.6 Å². The van der Waals surface area contributed by atoms with Gasteiger partial charge in [0, 0.05) is 5.02 Å². The van der Waals surface area contributed by atoms with Crippen molar-refractivity contribution < 1.29 is 18.7 Å². The number of rotatable bonds is 6. The summed E-state index contributed by atoms with van der Waals surface area (Å²) in [7, 11) is 4.77. The van der Waals surface area contributed by atoms with Gasteiger partial charge in [-0.05, 0) is 35.9 Å². The smallest absolute Gasteiger partial charge is 0.231 e. The van der Waals surface area contributed by atoms with E-state index >= 15 is 0 Å². The van der Waals surface area contributed by atoms with Gasteiger partial charge < -0.3 is 18.7 Å². The number of ether oxygens (including phenoxy) is 3. The molecule has 130 valence electrons. The Morgan fingerprint density at radius 3 is 2.36 bits per heavy atom. The highest BCUT2D eigenvalue weighted by molar-refractivity contribution is 6.30. The lowest BCUT2D eigenvalue weighted by molar-refractivity contribution is 0.354. The summed E-state index contributed by atoms with van der Waals surface area (Å²) in [4.78, 5) is 4.44. The second-order valence-electron chi connectivity index (χ2n) is 5.22. The van der Waals surface area contributed by atoms with Crippen LogP contribution >= 0.6 is 11.6 Å². The monoisotopic (exact) mass is 360 g/mol. The fourth-order valence-electron chi connectivity index (χ4n) is 2.46. The van der Waals surface area contributed by atoms with Crippen molar-refractivity contribution in [3.05, 3.63) is 52.9 Å². The van der Waals surface area contributed by atoms with Gasteiger partial charge in [-0.3, -0.25) is 0 Å². The maximum absolute atomic E-state index is 6.05. The van der Waals surface area contributed by atoms with Gasteiger partial charge in [0.1, 0.15) is 5.75 Å². The molecule has 25 heavy (non-hydrogen) atoms. The van der Waals surface area contributed by atoms with E-state index in [-0.39, 0.29) is 0 Å². The molecule has 6 nitrogen and oxygen atoms in total. The highest BCUT2D eigenvalue weighted by atomic mass is 35.5. The van der Waals surface area contributed by atoms with Crippen molar-refractivity contribution in [3.63, 3.8) is 0 Å². The first-order valence-corrected chi connectivity index (χ1v) is 7.89. The van der Waals surface area contributed by atoms with Crippen LogP contribution in [0.4, 0.5) is 0 Å². The summed E-state index contributed by atoms with van der Waals surface area (Å²) in [6.45, 7) is 0. The second kappa shape index (κ2) is 7.44. The number of aromatic nitrogens is 2. The summed E-state index contributed by atoms with van der Waals surface area (Å²) in [5.74, 6) is 2.85. The predicted molar refractivity (Wildman–Crippen MR) is 93.6 cm³/mol. The standard InChI is InChI=1S/C18H17ClN2O4/c1-22-14-7-5-12(19)10-13(14)18-20-17(25-21-18)9-11-4-6-15(23-2)16(8-11)24-3/h4-8,10H,9H2,1-3H3. The van der Waals surface area contributed by atoms with Gasteiger partial charge in [-0.2, -0.15) is 4.98 Å². The largest absolute Gasteiger partial charge is 0.496 e. The van der Waals surface area contributed by atoms with Crippen LogP contribution in [0.25, 0.3) is 11.4 Å². The number of hydrogen-bond acceptors (Lipinski definition) is 6. The summed E-state index contributed by atoms with van der Waals surface area (Å²) in [5.41, 5.74) is 1.64. The van der Waals surface area contributed by atoms with Crippen LogP contribution in [0.5, 0.6) is 17.2 Å². The van der Waals surface area contributed by atoms with Crippen molar-refractivity contribution in [2.24, 2.45) is 0 Å². The van der Waals surface area contributed by atoms with E-state index in [9.17, 15) is 0 Å². The minimum absolute atomic E-state index is 0.426. The Morgan fingerprint density at radius 1 is 0.920 bits per heavy atom. The maximum Gasteiger partial charge on any atom is 0.231 e. The van der Waals surface area contributed by atoms with Gasteiger partial charge in [-0.25, -0.2) is 0 Å². The number of benzene rings is 2. The van der Waals surface area contributed by atoms with Crippen molar-refractivity contribution in [1.29, 1.82) is 0 Å². The zero-order valence-corrected chi connectivity index (χ0v) is 14.8. The molecule has 0 amide bonds. The van der Waals surface area contributed by atoms with Crippen LogP contribution in [0, 0.1) is 0 Å². The molecule has 0 N–H and O–H groups in total. The van der Waals surface area contributed by atoms with E-state index in [4.69, 9.17) is 30.3 Å². The average molecular weight is 361 g/mol. The lowest BCUT2D eigenvalue weighted by atomic mass is 10.1. The molecule has 0 radical (unpaired) electrons. The molecular weight excluding hydrogens is 344 g/mol. The first kappa shape index (κ1) is 17.1. The van der Waals surface area contributed by atoms with Crippen molar-refractivity contribution in [2.45, 2.75) is 6.42 Å². The summed E-state index contributed by atoms with van der Waals surface area (Å²) in [5, 5.41) is 4.60.